The van der Waals surface area contributed by atoms with Gasteiger partial charge in [-0.05, 0) is 31.5 Å². The molecule has 6 nitrogen and oxygen atoms in total. The molecule has 1 fully saturated rings. The van der Waals surface area contributed by atoms with Gasteiger partial charge in [-0.2, -0.15) is 0 Å². The van der Waals surface area contributed by atoms with Crippen LogP contribution in [-0.4, -0.2) is 40.0 Å². The van der Waals surface area contributed by atoms with Gasteiger partial charge in [-0.1, -0.05) is 6.92 Å². The van der Waals surface area contributed by atoms with Crippen molar-refractivity contribution in [3.63, 3.8) is 0 Å². The van der Waals surface area contributed by atoms with Gasteiger partial charge in [0.25, 0.3) is 0 Å². The van der Waals surface area contributed by atoms with Crippen LogP contribution in [-0.2, 0) is 24.3 Å². The highest BCUT2D eigenvalue weighted by Gasteiger charge is 2.25. The van der Waals surface area contributed by atoms with E-state index in [0.717, 1.165) is 57.0 Å². The fraction of sp³-hybridized carbons (Fsp3) is 0.556. The highest BCUT2D eigenvalue weighted by molar-refractivity contribution is 5.78. The molecule has 0 spiro atoms. The lowest BCUT2D eigenvalue weighted by Gasteiger charge is -2.31. The van der Waals surface area contributed by atoms with Crippen LogP contribution >= 0.6 is 0 Å². The summed E-state index contributed by atoms with van der Waals surface area (Å²) in [6.07, 6.45) is 8.41. The number of nitrogens with zero attached hydrogens (tertiary/aromatic N) is 3. The second-order valence-corrected chi connectivity index (χ2v) is 6.34. The van der Waals surface area contributed by atoms with Crippen molar-refractivity contribution >= 4 is 5.91 Å². The molecule has 0 unspecified atom stereocenters. The SMILES string of the molecule is CCc1nccn1CCNC(=O)[C@H]1CCCN(Cc2ccco2)C1. The number of aryl methyl sites for hydroxylation is 1. The average molecular weight is 330 g/mol. The van der Waals surface area contributed by atoms with E-state index in [-0.39, 0.29) is 11.8 Å². The lowest BCUT2D eigenvalue weighted by molar-refractivity contribution is -0.126. The number of rotatable bonds is 7. The van der Waals surface area contributed by atoms with Crippen molar-refractivity contribution in [3.8, 4) is 0 Å². The number of piperidine rings is 1. The minimum atomic E-state index is 0.0714. The van der Waals surface area contributed by atoms with Crippen LogP contribution in [0.2, 0.25) is 0 Å². The molecule has 0 radical (unpaired) electrons. The first-order chi connectivity index (χ1) is 11.8. The highest BCUT2D eigenvalue weighted by Crippen LogP contribution is 2.19. The Hall–Kier alpha value is -2.08. The number of carbonyl (C=O) groups is 1. The molecular formula is C18H26N4O2. The van der Waals surface area contributed by atoms with Crippen molar-refractivity contribution < 1.29 is 9.21 Å². The molecule has 0 aromatic carbocycles. The molecule has 1 amide bonds. The number of aromatic nitrogens is 2. The van der Waals surface area contributed by atoms with E-state index >= 15 is 0 Å². The number of hydrogen-bond acceptors (Lipinski definition) is 4. The fourth-order valence-electron chi connectivity index (χ4n) is 3.34. The Labute approximate surface area is 142 Å². The number of furan rings is 1. The van der Waals surface area contributed by atoms with E-state index in [4.69, 9.17) is 4.42 Å². The van der Waals surface area contributed by atoms with Crippen molar-refractivity contribution in [2.24, 2.45) is 5.92 Å². The Balaban J connectivity index is 1.44. The molecule has 1 aliphatic rings. The Morgan fingerprint density at radius 1 is 1.50 bits per heavy atom. The van der Waals surface area contributed by atoms with Gasteiger partial charge in [-0.25, -0.2) is 4.98 Å². The van der Waals surface area contributed by atoms with E-state index in [9.17, 15) is 4.79 Å². The van der Waals surface area contributed by atoms with E-state index in [1.165, 1.54) is 0 Å². The number of imidazole rings is 1. The van der Waals surface area contributed by atoms with Crippen molar-refractivity contribution in [1.29, 1.82) is 0 Å². The molecule has 0 aliphatic carbocycles. The maximum atomic E-state index is 12.4. The molecule has 6 heteroatoms. The average Bonchev–Trinajstić information content (AvgIpc) is 3.26. The van der Waals surface area contributed by atoms with Crippen molar-refractivity contribution in [1.82, 2.24) is 19.8 Å². The summed E-state index contributed by atoms with van der Waals surface area (Å²) in [5.41, 5.74) is 0. The van der Waals surface area contributed by atoms with Crippen LogP contribution in [0.4, 0.5) is 0 Å². The van der Waals surface area contributed by atoms with Crippen molar-refractivity contribution in [2.45, 2.75) is 39.3 Å². The molecule has 24 heavy (non-hydrogen) atoms. The summed E-state index contributed by atoms with van der Waals surface area (Å²) >= 11 is 0. The van der Waals surface area contributed by atoms with E-state index in [0.29, 0.717) is 6.54 Å². The van der Waals surface area contributed by atoms with Gasteiger partial charge in [0.15, 0.2) is 0 Å². The minimum absolute atomic E-state index is 0.0714. The van der Waals surface area contributed by atoms with Gasteiger partial charge < -0.3 is 14.3 Å². The molecule has 130 valence electrons. The van der Waals surface area contributed by atoms with E-state index in [1.54, 1.807) is 6.26 Å². The molecule has 1 N–H and O–H groups in total. The first-order valence-electron chi connectivity index (χ1n) is 8.78. The lowest BCUT2D eigenvalue weighted by Crippen LogP contribution is -2.43. The predicted molar refractivity (Wildman–Crippen MR) is 91.3 cm³/mol. The zero-order valence-corrected chi connectivity index (χ0v) is 14.3. The van der Waals surface area contributed by atoms with Gasteiger partial charge in [-0.3, -0.25) is 9.69 Å². The van der Waals surface area contributed by atoms with Gasteiger partial charge in [0.1, 0.15) is 11.6 Å². The summed E-state index contributed by atoms with van der Waals surface area (Å²) in [4.78, 5) is 19.0. The van der Waals surface area contributed by atoms with E-state index in [1.807, 2.05) is 24.5 Å². The smallest absolute Gasteiger partial charge is 0.224 e. The molecular weight excluding hydrogens is 304 g/mol. The number of likely N-dealkylation sites (tertiary alicyclic amines) is 1. The summed E-state index contributed by atoms with van der Waals surface area (Å²) in [6, 6.07) is 3.89. The van der Waals surface area contributed by atoms with Crippen molar-refractivity contribution in [3.05, 3.63) is 42.4 Å². The summed E-state index contributed by atoms with van der Waals surface area (Å²) in [6.45, 7) is 6.13. The molecule has 1 saturated heterocycles. The van der Waals surface area contributed by atoms with Crippen molar-refractivity contribution in [2.75, 3.05) is 19.6 Å². The third-order valence-corrected chi connectivity index (χ3v) is 4.61. The minimum Gasteiger partial charge on any atom is -0.468 e. The number of hydrogen-bond donors (Lipinski definition) is 1. The first kappa shape index (κ1) is 16.8. The monoisotopic (exact) mass is 330 g/mol. The van der Waals surface area contributed by atoms with E-state index in [2.05, 4.69) is 26.7 Å². The van der Waals surface area contributed by atoms with Crippen LogP contribution in [0.3, 0.4) is 0 Å². The third kappa shape index (κ3) is 4.26. The molecule has 0 bridgehead atoms. The zero-order chi connectivity index (χ0) is 16.8. The number of amides is 1. The van der Waals surface area contributed by atoms with Crippen LogP contribution in [0.15, 0.2) is 35.2 Å². The Bertz CT molecular complexity index is 635. The standard InChI is InChI=1S/C18H26N4O2/c1-2-17-19-7-10-22(17)11-8-20-18(23)15-5-3-9-21(13-15)14-16-6-4-12-24-16/h4,6-7,10,12,15H,2-3,5,8-9,11,13-14H2,1H3,(H,20,23)/t15-/m0/s1. The molecule has 2 aromatic rings. The van der Waals surface area contributed by atoms with Crippen LogP contribution in [0.5, 0.6) is 0 Å². The van der Waals surface area contributed by atoms with Gasteiger partial charge in [0.2, 0.25) is 5.91 Å². The first-order valence-corrected chi connectivity index (χ1v) is 8.78. The van der Waals surface area contributed by atoms with E-state index < -0.39 is 0 Å². The van der Waals surface area contributed by atoms with Crippen LogP contribution in [0.25, 0.3) is 0 Å². The van der Waals surface area contributed by atoms with Gasteiger partial charge >= 0.3 is 0 Å². The lowest BCUT2D eigenvalue weighted by atomic mass is 9.97. The molecule has 3 heterocycles. The molecule has 1 atom stereocenters. The predicted octanol–water partition coefficient (Wildman–Crippen LogP) is 2.07. The molecule has 3 rings (SSSR count). The van der Waals surface area contributed by atoms with Gasteiger partial charge in [-0.15, -0.1) is 0 Å². The fourth-order valence-corrected chi connectivity index (χ4v) is 3.34. The highest BCUT2D eigenvalue weighted by atomic mass is 16.3. The van der Waals surface area contributed by atoms with Crippen LogP contribution < -0.4 is 5.32 Å². The Morgan fingerprint density at radius 3 is 3.21 bits per heavy atom. The quantitative estimate of drug-likeness (QED) is 0.844. The normalized spacial score (nSPS) is 18.6. The molecule has 0 saturated carbocycles. The molecule has 2 aromatic heterocycles. The summed E-state index contributed by atoms with van der Waals surface area (Å²) < 4.78 is 7.51. The largest absolute Gasteiger partial charge is 0.468 e. The Morgan fingerprint density at radius 2 is 2.42 bits per heavy atom. The number of carbonyl (C=O) groups excluding carboxylic acids is 1. The zero-order valence-electron chi connectivity index (χ0n) is 14.3. The second-order valence-electron chi connectivity index (χ2n) is 6.34. The summed E-state index contributed by atoms with van der Waals surface area (Å²) in [7, 11) is 0. The van der Waals surface area contributed by atoms with Gasteiger partial charge in [0, 0.05) is 38.4 Å². The van der Waals surface area contributed by atoms with Crippen LogP contribution in [0, 0.1) is 5.92 Å². The Kier molecular flexibility index (Phi) is 5.69. The topological polar surface area (TPSA) is 63.3 Å². The summed E-state index contributed by atoms with van der Waals surface area (Å²) in [5, 5.41) is 3.08. The summed E-state index contributed by atoms with van der Waals surface area (Å²) in [5.74, 6) is 2.26. The maximum Gasteiger partial charge on any atom is 0.224 e. The third-order valence-electron chi connectivity index (χ3n) is 4.61. The van der Waals surface area contributed by atoms with Crippen LogP contribution in [0.1, 0.15) is 31.4 Å². The number of nitrogens with one attached hydrogen (secondary N) is 1. The second kappa shape index (κ2) is 8.15. The van der Waals surface area contributed by atoms with Gasteiger partial charge in [0.05, 0.1) is 18.7 Å². The molecule has 1 aliphatic heterocycles. The maximum absolute atomic E-state index is 12.4.